The third kappa shape index (κ3) is 4.90. The zero-order valence-electron chi connectivity index (χ0n) is 7.69. The summed E-state index contributed by atoms with van der Waals surface area (Å²) in [4.78, 5) is 0. The van der Waals surface area contributed by atoms with Gasteiger partial charge in [0.2, 0.25) is 0 Å². The maximum absolute atomic E-state index is 11.9. The molecule has 0 aromatic heterocycles. The van der Waals surface area contributed by atoms with Crippen molar-refractivity contribution in [1.82, 2.24) is 0 Å². The lowest BCUT2D eigenvalue weighted by atomic mass is 10.1. The van der Waals surface area contributed by atoms with Crippen LogP contribution in [0.25, 0.3) is 0 Å². The molecule has 0 N–H and O–H groups in total. The van der Waals surface area contributed by atoms with Gasteiger partial charge in [0.25, 0.3) is 0 Å². The molecule has 0 bridgehead atoms. The second kappa shape index (κ2) is 4.23. The highest BCUT2D eigenvalue weighted by Gasteiger charge is 2.32. The molecule has 0 spiro atoms. The minimum absolute atomic E-state index is 0.283. The predicted octanol–water partition coefficient (Wildman–Crippen LogP) is 3.69. The molecule has 0 saturated carbocycles. The van der Waals surface area contributed by atoms with Crippen molar-refractivity contribution in [2.45, 2.75) is 19.0 Å². The average molecular weight is 244 g/mol. The van der Waals surface area contributed by atoms with Gasteiger partial charge in [-0.3, -0.25) is 0 Å². The minimum Gasteiger partial charge on any atom is -0.406 e. The summed E-state index contributed by atoms with van der Waals surface area (Å²) in [7, 11) is 0. The lowest BCUT2D eigenvalue weighted by molar-refractivity contribution is -0.274. The Morgan fingerprint density at radius 1 is 1.00 bits per heavy atom. The summed E-state index contributed by atoms with van der Waals surface area (Å²) in [5.41, 5.74) is -0.283. The largest absolute Gasteiger partial charge is 0.573 e. The van der Waals surface area contributed by atoms with Crippen molar-refractivity contribution in [1.29, 1.82) is 0 Å². The van der Waals surface area contributed by atoms with Gasteiger partial charge in [-0.2, -0.15) is 13.2 Å². The van der Waals surface area contributed by atoms with Crippen molar-refractivity contribution in [3.63, 3.8) is 0 Å². The molecule has 0 fully saturated rings. The van der Waals surface area contributed by atoms with E-state index in [9.17, 15) is 26.3 Å². The van der Waals surface area contributed by atoms with E-state index in [1.807, 2.05) is 0 Å². The summed E-state index contributed by atoms with van der Waals surface area (Å²) in [6.07, 6.45) is -10.7. The third-order valence-electron chi connectivity index (χ3n) is 1.54. The van der Waals surface area contributed by atoms with Crippen molar-refractivity contribution in [2.75, 3.05) is 0 Å². The Morgan fingerprint density at radius 2 is 1.62 bits per heavy atom. The van der Waals surface area contributed by atoms with Crippen LogP contribution in [0.5, 0.6) is 5.75 Å². The highest BCUT2D eigenvalue weighted by Crippen LogP contribution is 2.26. The maximum Gasteiger partial charge on any atom is 0.573 e. The highest BCUT2D eigenvalue weighted by molar-refractivity contribution is 5.29. The Morgan fingerprint density at radius 3 is 2.12 bits per heavy atom. The molecule has 0 atom stereocenters. The first-order valence-electron chi connectivity index (χ1n) is 4.07. The van der Waals surface area contributed by atoms with E-state index in [0.717, 1.165) is 18.2 Å². The second-order valence-electron chi connectivity index (χ2n) is 2.99. The van der Waals surface area contributed by atoms with Crippen LogP contribution in [0, 0.1) is 0 Å². The number of halogens is 6. The van der Waals surface area contributed by atoms with Crippen LogP contribution in [0.15, 0.2) is 24.3 Å². The first-order valence-corrected chi connectivity index (χ1v) is 4.07. The number of benzene rings is 1. The predicted molar refractivity (Wildman–Crippen MR) is 42.9 cm³/mol. The molecule has 1 aromatic rings. The number of ether oxygens (including phenoxy) is 1. The van der Waals surface area contributed by atoms with Crippen LogP contribution >= 0.6 is 0 Å². The number of hydrogen-bond acceptors (Lipinski definition) is 1. The molecular weight excluding hydrogens is 238 g/mol. The molecule has 16 heavy (non-hydrogen) atoms. The van der Waals surface area contributed by atoms with Crippen molar-refractivity contribution in [3.05, 3.63) is 29.8 Å². The standard InChI is InChI=1S/C9H6F6O/c10-8(11,12)5-6-2-1-3-7(4-6)16-9(13,14)15/h1-4H,5H2. The summed E-state index contributed by atoms with van der Waals surface area (Å²) in [6, 6.07) is 3.80. The van der Waals surface area contributed by atoms with Gasteiger partial charge in [-0.25, -0.2) is 0 Å². The maximum atomic E-state index is 11.9. The van der Waals surface area contributed by atoms with Crippen molar-refractivity contribution >= 4 is 0 Å². The van der Waals surface area contributed by atoms with E-state index in [4.69, 9.17) is 0 Å². The van der Waals surface area contributed by atoms with Gasteiger partial charge in [0.05, 0.1) is 6.42 Å². The van der Waals surface area contributed by atoms with Gasteiger partial charge in [0.1, 0.15) is 5.75 Å². The molecule has 0 aliphatic carbocycles. The monoisotopic (exact) mass is 244 g/mol. The van der Waals surface area contributed by atoms with Crippen LogP contribution in [0.1, 0.15) is 5.56 Å². The van der Waals surface area contributed by atoms with Gasteiger partial charge in [-0.15, -0.1) is 13.2 Å². The zero-order chi connectivity index (χ0) is 12.4. The number of hydrogen-bond donors (Lipinski definition) is 0. The van der Waals surface area contributed by atoms with Crippen LogP contribution in [0.2, 0.25) is 0 Å². The molecular formula is C9H6F6O. The Labute approximate surface area is 86.6 Å². The van der Waals surface area contributed by atoms with Gasteiger partial charge in [-0.05, 0) is 17.7 Å². The summed E-state index contributed by atoms with van der Waals surface area (Å²) in [5.74, 6) is -0.658. The lowest BCUT2D eigenvalue weighted by Gasteiger charge is -2.11. The second-order valence-corrected chi connectivity index (χ2v) is 2.99. The van der Waals surface area contributed by atoms with Gasteiger partial charge in [0.15, 0.2) is 0 Å². The van der Waals surface area contributed by atoms with Gasteiger partial charge < -0.3 is 4.74 Å². The molecule has 0 radical (unpaired) electrons. The summed E-state index contributed by atoms with van der Waals surface area (Å²) in [5, 5.41) is 0. The number of rotatable bonds is 2. The number of alkyl halides is 6. The molecule has 0 saturated heterocycles. The summed E-state index contributed by atoms with van der Waals surface area (Å²) < 4.78 is 74.6. The van der Waals surface area contributed by atoms with Crippen molar-refractivity contribution < 1.29 is 31.1 Å². The Kier molecular flexibility index (Phi) is 3.35. The van der Waals surface area contributed by atoms with Crippen LogP contribution in [-0.2, 0) is 6.42 Å². The van der Waals surface area contributed by atoms with E-state index in [2.05, 4.69) is 4.74 Å². The lowest BCUT2D eigenvalue weighted by Crippen LogP contribution is -2.17. The van der Waals surface area contributed by atoms with Crippen LogP contribution < -0.4 is 4.74 Å². The summed E-state index contributed by atoms with van der Waals surface area (Å²) >= 11 is 0. The van der Waals surface area contributed by atoms with E-state index >= 15 is 0 Å². The Bertz CT molecular complexity index is 323. The fraction of sp³-hybridized carbons (Fsp3) is 0.333. The van der Waals surface area contributed by atoms with Crippen LogP contribution in [0.3, 0.4) is 0 Å². The normalized spacial score (nSPS) is 12.6. The fourth-order valence-corrected chi connectivity index (χ4v) is 1.08. The molecule has 0 aliphatic rings. The molecule has 0 unspecified atom stereocenters. The van der Waals surface area contributed by atoms with Crippen LogP contribution in [0.4, 0.5) is 26.3 Å². The van der Waals surface area contributed by atoms with Crippen molar-refractivity contribution in [3.8, 4) is 5.75 Å². The van der Waals surface area contributed by atoms with E-state index in [0.29, 0.717) is 6.07 Å². The Hall–Kier alpha value is -1.40. The first-order chi connectivity index (χ1) is 7.16. The van der Waals surface area contributed by atoms with E-state index < -0.39 is 24.7 Å². The van der Waals surface area contributed by atoms with Gasteiger partial charge in [-0.1, -0.05) is 12.1 Å². The molecule has 1 aromatic carbocycles. The van der Waals surface area contributed by atoms with E-state index in [1.165, 1.54) is 0 Å². The average Bonchev–Trinajstić information content (AvgIpc) is 1.96. The van der Waals surface area contributed by atoms with E-state index in [-0.39, 0.29) is 5.56 Å². The molecule has 0 aliphatic heterocycles. The Balaban J connectivity index is 2.79. The van der Waals surface area contributed by atoms with Gasteiger partial charge >= 0.3 is 12.5 Å². The minimum atomic E-state index is -4.91. The highest BCUT2D eigenvalue weighted by atomic mass is 19.4. The molecule has 7 heteroatoms. The molecule has 1 rings (SSSR count). The topological polar surface area (TPSA) is 9.23 Å². The fourth-order valence-electron chi connectivity index (χ4n) is 1.08. The smallest absolute Gasteiger partial charge is 0.406 e. The molecule has 90 valence electrons. The van der Waals surface area contributed by atoms with Crippen LogP contribution in [-0.4, -0.2) is 12.5 Å². The molecule has 0 heterocycles. The molecule has 1 nitrogen and oxygen atoms in total. The summed E-state index contributed by atoms with van der Waals surface area (Å²) in [6.45, 7) is 0. The van der Waals surface area contributed by atoms with E-state index in [1.54, 1.807) is 0 Å². The third-order valence-corrected chi connectivity index (χ3v) is 1.54. The quantitative estimate of drug-likeness (QED) is 0.721. The van der Waals surface area contributed by atoms with Gasteiger partial charge in [0, 0.05) is 0 Å². The zero-order valence-corrected chi connectivity index (χ0v) is 7.69. The SMILES string of the molecule is FC(F)(F)Cc1cccc(OC(F)(F)F)c1. The van der Waals surface area contributed by atoms with Crippen molar-refractivity contribution in [2.24, 2.45) is 0 Å². The first kappa shape index (κ1) is 12.7. The molecule has 0 amide bonds.